The van der Waals surface area contributed by atoms with Crippen molar-refractivity contribution in [3.63, 3.8) is 0 Å². The van der Waals surface area contributed by atoms with Gasteiger partial charge in [-0.05, 0) is 61.0 Å². The molecule has 4 aromatic rings. The molecule has 0 saturated carbocycles. The SMILES string of the molecule is Cc1cc(Nc2ncnc3ccc(C#CCN4CCC(=O)C4)cc23)ccc1Oc1ccccc1. The molecule has 1 aromatic heterocycles. The molecule has 1 fully saturated rings. The van der Waals surface area contributed by atoms with Crippen LogP contribution in [0, 0.1) is 18.8 Å². The van der Waals surface area contributed by atoms with E-state index in [0.29, 0.717) is 19.5 Å². The number of likely N-dealkylation sites (tertiary alicyclic amines) is 1. The van der Waals surface area contributed by atoms with E-state index in [1.807, 2.05) is 73.7 Å². The lowest BCUT2D eigenvalue weighted by atomic mass is 10.1. The summed E-state index contributed by atoms with van der Waals surface area (Å²) < 4.78 is 5.99. The summed E-state index contributed by atoms with van der Waals surface area (Å²) in [6.45, 7) is 3.91. The summed E-state index contributed by atoms with van der Waals surface area (Å²) in [7, 11) is 0. The minimum absolute atomic E-state index is 0.287. The number of ether oxygens (including phenoxy) is 1. The van der Waals surface area contributed by atoms with E-state index in [0.717, 1.165) is 51.6 Å². The van der Waals surface area contributed by atoms with Crippen LogP contribution in [0.15, 0.2) is 73.1 Å². The first-order chi connectivity index (χ1) is 16.6. The van der Waals surface area contributed by atoms with E-state index in [9.17, 15) is 4.79 Å². The Morgan fingerprint density at radius 1 is 1.06 bits per heavy atom. The summed E-state index contributed by atoms with van der Waals surface area (Å²) in [5.41, 5.74) is 3.65. The number of benzene rings is 3. The molecule has 1 aliphatic heterocycles. The molecular weight excluding hydrogens is 424 g/mol. The zero-order valence-electron chi connectivity index (χ0n) is 18.9. The topological polar surface area (TPSA) is 67.4 Å². The maximum absolute atomic E-state index is 11.4. The Hall–Kier alpha value is -4.21. The van der Waals surface area contributed by atoms with Crippen LogP contribution >= 0.6 is 0 Å². The maximum Gasteiger partial charge on any atom is 0.148 e. The largest absolute Gasteiger partial charge is 0.457 e. The number of hydrogen-bond donors (Lipinski definition) is 1. The first-order valence-electron chi connectivity index (χ1n) is 11.2. The number of nitrogens with one attached hydrogen (secondary N) is 1. The number of carbonyl (C=O) groups is 1. The van der Waals surface area contributed by atoms with Crippen LogP contribution in [0.2, 0.25) is 0 Å². The van der Waals surface area contributed by atoms with E-state index in [2.05, 4.69) is 32.0 Å². The minimum atomic E-state index is 0.287. The molecule has 0 amide bonds. The lowest BCUT2D eigenvalue weighted by Gasteiger charge is -2.12. The molecule has 0 atom stereocenters. The fourth-order valence-electron chi connectivity index (χ4n) is 3.91. The van der Waals surface area contributed by atoms with Gasteiger partial charge in [-0.3, -0.25) is 9.69 Å². The Labute approximate surface area is 198 Å². The Morgan fingerprint density at radius 2 is 1.94 bits per heavy atom. The number of hydrogen-bond acceptors (Lipinski definition) is 6. The molecule has 0 bridgehead atoms. The fraction of sp³-hybridized carbons (Fsp3) is 0.179. The Balaban J connectivity index is 1.34. The van der Waals surface area contributed by atoms with Crippen LogP contribution in [0.5, 0.6) is 11.5 Å². The van der Waals surface area contributed by atoms with E-state index in [-0.39, 0.29) is 5.78 Å². The number of rotatable bonds is 5. The van der Waals surface area contributed by atoms with Crippen molar-refractivity contribution in [1.29, 1.82) is 0 Å². The van der Waals surface area contributed by atoms with Crippen LogP contribution in [0.1, 0.15) is 17.5 Å². The predicted molar refractivity (Wildman–Crippen MR) is 133 cm³/mol. The molecule has 6 nitrogen and oxygen atoms in total. The van der Waals surface area contributed by atoms with Crippen molar-refractivity contribution < 1.29 is 9.53 Å². The number of fused-ring (bicyclic) bond motifs is 1. The predicted octanol–water partition coefficient (Wildman–Crippen LogP) is 5.10. The molecule has 5 rings (SSSR count). The first kappa shape index (κ1) is 21.6. The summed E-state index contributed by atoms with van der Waals surface area (Å²) >= 11 is 0. The van der Waals surface area contributed by atoms with Gasteiger partial charge in [-0.25, -0.2) is 9.97 Å². The van der Waals surface area contributed by atoms with Crippen molar-refractivity contribution in [1.82, 2.24) is 14.9 Å². The van der Waals surface area contributed by atoms with Crippen molar-refractivity contribution in [3.05, 3.63) is 84.2 Å². The van der Waals surface area contributed by atoms with E-state index in [1.165, 1.54) is 0 Å². The number of carbonyl (C=O) groups excluding carboxylic acids is 1. The number of para-hydroxylation sites is 1. The summed E-state index contributed by atoms with van der Waals surface area (Å²) in [6.07, 6.45) is 2.18. The minimum Gasteiger partial charge on any atom is -0.457 e. The lowest BCUT2D eigenvalue weighted by molar-refractivity contribution is -0.116. The van der Waals surface area contributed by atoms with Gasteiger partial charge in [0.1, 0.15) is 29.4 Å². The monoisotopic (exact) mass is 448 g/mol. The molecule has 3 aromatic carbocycles. The highest BCUT2D eigenvalue weighted by Gasteiger charge is 2.17. The van der Waals surface area contributed by atoms with Gasteiger partial charge >= 0.3 is 0 Å². The van der Waals surface area contributed by atoms with Crippen molar-refractivity contribution in [2.75, 3.05) is 25.0 Å². The van der Waals surface area contributed by atoms with E-state index in [4.69, 9.17) is 4.74 Å². The average Bonchev–Trinajstić information content (AvgIpc) is 3.27. The summed E-state index contributed by atoms with van der Waals surface area (Å²) in [4.78, 5) is 22.4. The number of Topliss-reactive ketones (excluding diaryl/α,β-unsaturated/α-hetero) is 1. The number of nitrogens with zero attached hydrogens (tertiary/aromatic N) is 3. The van der Waals surface area contributed by atoms with Crippen molar-refractivity contribution in [3.8, 4) is 23.3 Å². The van der Waals surface area contributed by atoms with Crippen LogP contribution < -0.4 is 10.1 Å². The molecule has 0 spiro atoms. The zero-order chi connectivity index (χ0) is 23.3. The molecule has 34 heavy (non-hydrogen) atoms. The van der Waals surface area contributed by atoms with Gasteiger partial charge in [-0.15, -0.1) is 0 Å². The molecule has 0 aliphatic carbocycles. The number of anilines is 2. The molecule has 2 heterocycles. The first-order valence-corrected chi connectivity index (χ1v) is 11.2. The highest BCUT2D eigenvalue weighted by atomic mass is 16.5. The molecule has 0 radical (unpaired) electrons. The summed E-state index contributed by atoms with van der Waals surface area (Å²) in [5, 5.41) is 4.31. The van der Waals surface area contributed by atoms with E-state index in [1.54, 1.807) is 6.33 Å². The standard InChI is InChI=1S/C28H24N4O2/c1-20-16-22(10-12-27(20)34-24-7-3-2-4-8-24)31-28-25-17-21(9-11-26(25)29-19-30-28)6-5-14-32-15-13-23(33)18-32/h2-4,7-12,16-17,19H,13-15,18H2,1H3,(H,29,30,31). The molecule has 6 heteroatoms. The van der Waals surface area contributed by atoms with Gasteiger partial charge in [0.15, 0.2) is 0 Å². The third-order valence-corrected chi connectivity index (χ3v) is 5.69. The van der Waals surface area contributed by atoms with Gasteiger partial charge < -0.3 is 10.1 Å². The summed E-state index contributed by atoms with van der Waals surface area (Å²) in [5.74, 6) is 9.00. The molecule has 168 valence electrons. The van der Waals surface area contributed by atoms with Gasteiger partial charge in [0.2, 0.25) is 0 Å². The highest BCUT2D eigenvalue weighted by Crippen LogP contribution is 2.29. The average molecular weight is 449 g/mol. The van der Waals surface area contributed by atoms with E-state index < -0.39 is 0 Å². The Bertz CT molecular complexity index is 1410. The molecule has 1 aliphatic rings. The van der Waals surface area contributed by atoms with Gasteiger partial charge in [-0.1, -0.05) is 30.0 Å². The maximum atomic E-state index is 11.4. The normalized spacial score (nSPS) is 13.5. The lowest BCUT2D eigenvalue weighted by Crippen LogP contribution is -2.20. The van der Waals surface area contributed by atoms with Crippen molar-refractivity contribution in [2.45, 2.75) is 13.3 Å². The van der Waals surface area contributed by atoms with Gasteiger partial charge in [0.25, 0.3) is 0 Å². The molecular formula is C28H24N4O2. The van der Waals surface area contributed by atoms with E-state index >= 15 is 0 Å². The Kier molecular flexibility index (Phi) is 6.19. The van der Waals surface area contributed by atoms with Crippen molar-refractivity contribution >= 4 is 28.2 Å². The molecule has 0 unspecified atom stereocenters. The van der Waals surface area contributed by atoms with Crippen LogP contribution in [-0.4, -0.2) is 40.3 Å². The number of aryl methyl sites for hydroxylation is 1. The highest BCUT2D eigenvalue weighted by molar-refractivity contribution is 5.91. The zero-order valence-corrected chi connectivity index (χ0v) is 18.9. The number of ketones is 1. The third kappa shape index (κ3) is 5.06. The van der Waals surface area contributed by atoms with Crippen LogP contribution in [-0.2, 0) is 4.79 Å². The van der Waals surface area contributed by atoms with Crippen LogP contribution in [0.25, 0.3) is 10.9 Å². The number of aromatic nitrogens is 2. The van der Waals surface area contributed by atoms with Crippen LogP contribution in [0.3, 0.4) is 0 Å². The third-order valence-electron chi connectivity index (χ3n) is 5.69. The van der Waals surface area contributed by atoms with Crippen LogP contribution in [0.4, 0.5) is 11.5 Å². The van der Waals surface area contributed by atoms with Gasteiger partial charge in [0.05, 0.1) is 18.6 Å². The fourth-order valence-corrected chi connectivity index (χ4v) is 3.91. The molecule has 1 N–H and O–H groups in total. The van der Waals surface area contributed by atoms with Gasteiger partial charge in [-0.2, -0.15) is 0 Å². The molecule has 1 saturated heterocycles. The second kappa shape index (κ2) is 9.74. The Morgan fingerprint density at radius 3 is 2.74 bits per heavy atom. The smallest absolute Gasteiger partial charge is 0.148 e. The summed E-state index contributed by atoms with van der Waals surface area (Å²) in [6, 6.07) is 21.6. The van der Waals surface area contributed by atoms with Gasteiger partial charge in [0, 0.05) is 29.6 Å². The second-order valence-corrected chi connectivity index (χ2v) is 8.28. The second-order valence-electron chi connectivity index (χ2n) is 8.28. The van der Waals surface area contributed by atoms with Crippen molar-refractivity contribution in [2.24, 2.45) is 0 Å². The quantitative estimate of drug-likeness (QED) is 0.429.